The fourth-order valence-electron chi connectivity index (χ4n) is 2.12. The van der Waals surface area contributed by atoms with Gasteiger partial charge in [0.2, 0.25) is 5.52 Å². The lowest BCUT2D eigenvalue weighted by Crippen LogP contribution is -2.29. The van der Waals surface area contributed by atoms with E-state index in [0.717, 1.165) is 5.56 Å². The topological polar surface area (TPSA) is 22.3 Å². The van der Waals surface area contributed by atoms with Gasteiger partial charge in [-0.2, -0.15) is 0 Å². The van der Waals surface area contributed by atoms with Gasteiger partial charge in [-0.15, -0.1) is 0 Å². The Balaban J connectivity index is 2.52. The first-order valence-electron chi connectivity index (χ1n) is 6.38. The molecule has 0 saturated carbocycles. The smallest absolute Gasteiger partial charge is 0.212 e. The Bertz CT molecular complexity index is 519. The van der Waals surface area contributed by atoms with E-state index in [9.17, 15) is 0 Å². The van der Waals surface area contributed by atoms with Crippen molar-refractivity contribution in [2.45, 2.75) is 20.1 Å². The summed E-state index contributed by atoms with van der Waals surface area (Å²) < 4.78 is 13.5. The molecule has 0 radical (unpaired) electrons. The highest BCUT2D eigenvalue weighted by Crippen LogP contribution is 2.25. The number of hydrogen-bond donors (Lipinski definition) is 0. The molecule has 0 saturated heterocycles. The summed E-state index contributed by atoms with van der Waals surface area (Å²) >= 11 is 0. The number of aromatic nitrogens is 1. The molecule has 1 aromatic heterocycles. The summed E-state index contributed by atoms with van der Waals surface area (Å²) in [6.07, 6.45) is 1.76. The molecule has 2 rings (SSSR count). The number of ether oxygens (including phenoxy) is 2. The Morgan fingerprint density at radius 3 is 2.39 bits per heavy atom. The van der Waals surface area contributed by atoms with Gasteiger partial charge in [0.25, 0.3) is 0 Å². The van der Waals surface area contributed by atoms with E-state index in [1.807, 2.05) is 39.2 Å². The van der Waals surface area contributed by atoms with Crippen LogP contribution in [0.15, 0.2) is 36.5 Å². The van der Waals surface area contributed by atoms with E-state index in [0.29, 0.717) is 13.2 Å². The Kier molecular flexibility index (Phi) is 4.28. The number of nitrogens with zero attached hydrogens (tertiary/aromatic N) is 1. The summed E-state index contributed by atoms with van der Waals surface area (Å²) in [5, 5.41) is 1.18. The van der Waals surface area contributed by atoms with Crippen molar-refractivity contribution in [2.75, 3.05) is 13.2 Å². The summed E-state index contributed by atoms with van der Waals surface area (Å²) in [5.74, 6) is 0. The minimum Gasteiger partial charge on any atom is -0.349 e. The molecule has 0 bridgehead atoms. The van der Waals surface area contributed by atoms with Crippen molar-refractivity contribution in [3.05, 3.63) is 42.1 Å². The molecule has 2 aromatic rings. The fourth-order valence-corrected chi connectivity index (χ4v) is 2.12. The molecule has 3 heteroatoms. The van der Waals surface area contributed by atoms with Gasteiger partial charge < -0.3 is 9.47 Å². The molecule has 0 spiro atoms. The molecule has 0 atom stereocenters. The van der Waals surface area contributed by atoms with Crippen LogP contribution in [0.5, 0.6) is 0 Å². The average molecular weight is 246 g/mol. The van der Waals surface area contributed by atoms with E-state index in [1.54, 1.807) is 0 Å². The highest BCUT2D eigenvalue weighted by molar-refractivity contribution is 5.79. The highest BCUT2D eigenvalue weighted by atomic mass is 16.7. The molecule has 1 heterocycles. The zero-order valence-corrected chi connectivity index (χ0v) is 11.2. The lowest BCUT2D eigenvalue weighted by atomic mass is 10.1. The van der Waals surface area contributed by atoms with Gasteiger partial charge >= 0.3 is 0 Å². The lowest BCUT2D eigenvalue weighted by Gasteiger charge is -2.18. The van der Waals surface area contributed by atoms with E-state index in [2.05, 4.69) is 22.8 Å². The van der Waals surface area contributed by atoms with Crippen LogP contribution >= 0.6 is 0 Å². The summed E-state index contributed by atoms with van der Waals surface area (Å²) in [6, 6.07) is 10.4. The van der Waals surface area contributed by atoms with Crippen molar-refractivity contribution in [1.29, 1.82) is 0 Å². The van der Waals surface area contributed by atoms with Gasteiger partial charge in [-0.05, 0) is 19.9 Å². The number of hydrogen-bond acceptors (Lipinski definition) is 2. The van der Waals surface area contributed by atoms with Gasteiger partial charge in [0, 0.05) is 30.9 Å². The molecule has 0 aliphatic rings. The molecular formula is C15H20NO2+. The quantitative estimate of drug-likeness (QED) is 0.598. The van der Waals surface area contributed by atoms with Crippen LogP contribution in [0.4, 0.5) is 0 Å². The molecule has 0 fully saturated rings. The standard InChI is InChI=1S/C15H20NO2/c1-4-17-15(18-5-2)13-10-11-16(3)14-9-7-6-8-12(13)14/h6-11,15H,4-5H2,1-3H3/q+1. The SMILES string of the molecule is CCOC(OCC)c1cc[n+](C)c2ccccc12. The van der Waals surface area contributed by atoms with Gasteiger partial charge in [-0.25, -0.2) is 4.57 Å². The first kappa shape index (κ1) is 13.0. The van der Waals surface area contributed by atoms with Crippen molar-refractivity contribution in [1.82, 2.24) is 0 Å². The predicted molar refractivity (Wildman–Crippen MR) is 71.1 cm³/mol. The van der Waals surface area contributed by atoms with Crippen LogP contribution < -0.4 is 4.57 Å². The Hall–Kier alpha value is -1.45. The van der Waals surface area contributed by atoms with Gasteiger partial charge in [0.1, 0.15) is 7.05 Å². The maximum absolute atomic E-state index is 5.68. The average Bonchev–Trinajstić information content (AvgIpc) is 2.39. The second-order valence-corrected chi connectivity index (χ2v) is 4.14. The maximum atomic E-state index is 5.68. The van der Waals surface area contributed by atoms with Crippen LogP contribution in [-0.2, 0) is 16.5 Å². The van der Waals surface area contributed by atoms with Crippen LogP contribution in [0.25, 0.3) is 10.9 Å². The first-order valence-corrected chi connectivity index (χ1v) is 6.38. The van der Waals surface area contributed by atoms with Crippen molar-refractivity contribution < 1.29 is 14.0 Å². The monoisotopic (exact) mass is 246 g/mol. The summed E-state index contributed by atoms with van der Waals surface area (Å²) in [7, 11) is 2.04. The van der Waals surface area contributed by atoms with Gasteiger partial charge in [0.05, 0.1) is 5.39 Å². The zero-order valence-electron chi connectivity index (χ0n) is 11.2. The Morgan fingerprint density at radius 1 is 1.06 bits per heavy atom. The van der Waals surface area contributed by atoms with Gasteiger partial charge in [0.15, 0.2) is 12.5 Å². The Labute approximate surface area is 108 Å². The molecule has 0 N–H and O–H groups in total. The molecule has 1 aromatic carbocycles. The number of pyridine rings is 1. The summed E-state index contributed by atoms with van der Waals surface area (Å²) in [6.45, 7) is 5.24. The number of rotatable bonds is 5. The minimum absolute atomic E-state index is 0.286. The Morgan fingerprint density at radius 2 is 1.72 bits per heavy atom. The maximum Gasteiger partial charge on any atom is 0.212 e. The third-order valence-corrected chi connectivity index (χ3v) is 2.96. The van der Waals surface area contributed by atoms with Crippen molar-refractivity contribution >= 4 is 10.9 Å². The largest absolute Gasteiger partial charge is 0.349 e. The molecule has 0 amide bonds. The molecule has 3 nitrogen and oxygen atoms in total. The number of fused-ring (bicyclic) bond motifs is 1. The van der Waals surface area contributed by atoms with Crippen LogP contribution in [0.1, 0.15) is 25.7 Å². The number of aryl methyl sites for hydroxylation is 1. The van der Waals surface area contributed by atoms with Crippen LogP contribution in [0.2, 0.25) is 0 Å². The van der Waals surface area contributed by atoms with Crippen molar-refractivity contribution in [3.63, 3.8) is 0 Å². The van der Waals surface area contributed by atoms with E-state index < -0.39 is 0 Å². The zero-order chi connectivity index (χ0) is 13.0. The van der Waals surface area contributed by atoms with E-state index in [1.165, 1.54) is 10.9 Å². The van der Waals surface area contributed by atoms with Gasteiger partial charge in [-0.3, -0.25) is 0 Å². The first-order chi connectivity index (χ1) is 8.77. The normalized spacial score (nSPS) is 11.3. The van der Waals surface area contributed by atoms with Crippen LogP contribution in [0.3, 0.4) is 0 Å². The van der Waals surface area contributed by atoms with Crippen LogP contribution in [0, 0.1) is 0 Å². The summed E-state index contributed by atoms with van der Waals surface area (Å²) in [5.41, 5.74) is 2.27. The molecular weight excluding hydrogens is 226 g/mol. The molecule has 18 heavy (non-hydrogen) atoms. The molecule has 96 valence electrons. The van der Waals surface area contributed by atoms with Gasteiger partial charge in [-0.1, -0.05) is 12.1 Å². The lowest BCUT2D eigenvalue weighted by molar-refractivity contribution is -0.645. The molecule has 0 unspecified atom stereocenters. The van der Waals surface area contributed by atoms with Crippen LogP contribution in [-0.4, -0.2) is 13.2 Å². The summed E-state index contributed by atoms with van der Waals surface area (Å²) in [4.78, 5) is 0. The third-order valence-electron chi connectivity index (χ3n) is 2.96. The number of benzene rings is 1. The second kappa shape index (κ2) is 5.94. The highest BCUT2D eigenvalue weighted by Gasteiger charge is 2.18. The van der Waals surface area contributed by atoms with E-state index >= 15 is 0 Å². The minimum atomic E-state index is -0.286. The van der Waals surface area contributed by atoms with E-state index in [-0.39, 0.29) is 6.29 Å². The van der Waals surface area contributed by atoms with E-state index in [4.69, 9.17) is 9.47 Å². The van der Waals surface area contributed by atoms with Crippen molar-refractivity contribution in [2.24, 2.45) is 7.05 Å². The van der Waals surface area contributed by atoms with Crippen molar-refractivity contribution in [3.8, 4) is 0 Å². The molecule has 0 aliphatic carbocycles. The fraction of sp³-hybridized carbons (Fsp3) is 0.400. The number of para-hydroxylation sites is 1. The molecule has 0 aliphatic heterocycles. The third kappa shape index (κ3) is 2.52. The predicted octanol–water partition coefficient (Wildman–Crippen LogP) is 2.74. The second-order valence-electron chi connectivity index (χ2n) is 4.14.